The molecule has 0 spiro atoms. The molecule has 27 heavy (non-hydrogen) atoms. The minimum Gasteiger partial charge on any atom is -0.463 e. The number of aliphatic hydroxyl groups is 1. The van der Waals surface area contributed by atoms with Crippen molar-refractivity contribution >= 4 is 17.7 Å². The van der Waals surface area contributed by atoms with Gasteiger partial charge in [0.15, 0.2) is 0 Å². The number of alkyl halides is 5. The highest BCUT2D eigenvalue weighted by atomic mass is 32.2. The zero-order valence-electron chi connectivity index (χ0n) is 14.0. The van der Waals surface area contributed by atoms with Crippen LogP contribution in [-0.2, 0) is 5.60 Å². The summed E-state index contributed by atoms with van der Waals surface area (Å²) < 4.78 is 69.4. The predicted octanol–water partition coefficient (Wildman–Crippen LogP) is 4.47. The largest absolute Gasteiger partial charge is 0.463 e. The van der Waals surface area contributed by atoms with Gasteiger partial charge in [-0.1, -0.05) is 11.8 Å². The van der Waals surface area contributed by atoms with Crippen LogP contribution in [0.15, 0.2) is 45.7 Å². The van der Waals surface area contributed by atoms with E-state index in [2.05, 4.69) is 5.32 Å². The van der Waals surface area contributed by atoms with Gasteiger partial charge in [-0.15, -0.1) is 0 Å². The number of furan rings is 1. The van der Waals surface area contributed by atoms with E-state index >= 15 is 0 Å². The summed E-state index contributed by atoms with van der Waals surface area (Å²) >= 11 is 0.309. The quantitative estimate of drug-likeness (QED) is 0.523. The maximum atomic E-state index is 13.3. The van der Waals surface area contributed by atoms with Crippen molar-refractivity contribution < 1.29 is 36.3 Å². The number of nitrogens with one attached hydrogen (secondary N) is 1. The standard InChI is InChI=1S/C17H16F5NO3S/c1-10-2-7-13(26-10)16(25,17(20,21)22)8-9-23-14(24)11-3-5-12(6-4-11)27-15(18)19/h2-7,15,25H,8-9H2,1H3,(H,23,24)/t16-/m0/s1. The van der Waals surface area contributed by atoms with Gasteiger partial charge in [0, 0.05) is 23.4 Å². The predicted molar refractivity (Wildman–Crippen MR) is 88.7 cm³/mol. The van der Waals surface area contributed by atoms with Crippen LogP contribution in [0.5, 0.6) is 0 Å². The fraction of sp³-hybridized carbons (Fsp3) is 0.353. The summed E-state index contributed by atoms with van der Waals surface area (Å²) in [6.07, 6.45) is -5.86. The molecule has 2 rings (SSSR count). The maximum Gasteiger partial charge on any atom is 0.424 e. The average molecular weight is 409 g/mol. The van der Waals surface area contributed by atoms with E-state index < -0.39 is 42.2 Å². The highest BCUT2D eigenvalue weighted by Crippen LogP contribution is 2.42. The SMILES string of the molecule is Cc1ccc([C@@](O)(CCNC(=O)c2ccc(SC(F)F)cc2)C(F)(F)F)o1. The van der Waals surface area contributed by atoms with Crippen LogP contribution in [0.25, 0.3) is 0 Å². The first-order valence-electron chi connectivity index (χ1n) is 7.72. The Bertz CT molecular complexity index is 776. The van der Waals surface area contributed by atoms with Crippen molar-refractivity contribution in [1.29, 1.82) is 0 Å². The van der Waals surface area contributed by atoms with Crippen molar-refractivity contribution in [3.8, 4) is 0 Å². The van der Waals surface area contributed by atoms with Gasteiger partial charge in [0.1, 0.15) is 11.5 Å². The van der Waals surface area contributed by atoms with Crippen LogP contribution in [0.4, 0.5) is 22.0 Å². The fourth-order valence-corrected chi connectivity index (χ4v) is 2.81. The summed E-state index contributed by atoms with van der Waals surface area (Å²) in [5.41, 5.74) is -3.15. The first kappa shape index (κ1) is 21.2. The Morgan fingerprint density at radius 2 is 1.81 bits per heavy atom. The molecule has 0 unspecified atom stereocenters. The monoisotopic (exact) mass is 409 g/mol. The summed E-state index contributed by atoms with van der Waals surface area (Å²) in [5, 5.41) is 12.4. The topological polar surface area (TPSA) is 62.5 Å². The van der Waals surface area contributed by atoms with Crippen molar-refractivity contribution in [2.24, 2.45) is 0 Å². The Kier molecular flexibility index (Phi) is 6.53. The van der Waals surface area contributed by atoms with Gasteiger partial charge in [-0.25, -0.2) is 0 Å². The van der Waals surface area contributed by atoms with E-state index in [1.54, 1.807) is 0 Å². The Morgan fingerprint density at radius 1 is 1.19 bits per heavy atom. The van der Waals surface area contributed by atoms with Gasteiger partial charge in [-0.2, -0.15) is 22.0 Å². The fourth-order valence-electron chi connectivity index (χ4n) is 2.31. The third kappa shape index (κ3) is 5.23. The Morgan fingerprint density at radius 3 is 2.30 bits per heavy atom. The summed E-state index contributed by atoms with van der Waals surface area (Å²) in [6, 6.07) is 7.51. The first-order valence-corrected chi connectivity index (χ1v) is 8.60. The molecule has 1 aromatic carbocycles. The van der Waals surface area contributed by atoms with Crippen LogP contribution in [-0.4, -0.2) is 29.5 Å². The van der Waals surface area contributed by atoms with Crippen LogP contribution >= 0.6 is 11.8 Å². The second-order valence-corrected chi connectivity index (χ2v) is 6.74. The minimum absolute atomic E-state index is 0.0954. The van der Waals surface area contributed by atoms with Gasteiger partial charge in [0.05, 0.1) is 0 Å². The third-order valence-electron chi connectivity index (χ3n) is 3.73. The van der Waals surface area contributed by atoms with E-state index in [-0.39, 0.29) is 16.2 Å². The number of halogens is 5. The summed E-state index contributed by atoms with van der Waals surface area (Å²) in [5.74, 6) is -3.74. The number of rotatable bonds is 7. The highest BCUT2D eigenvalue weighted by molar-refractivity contribution is 7.99. The van der Waals surface area contributed by atoms with Crippen LogP contribution < -0.4 is 5.32 Å². The van der Waals surface area contributed by atoms with Crippen LogP contribution in [0.2, 0.25) is 0 Å². The number of amides is 1. The van der Waals surface area contributed by atoms with E-state index in [9.17, 15) is 31.9 Å². The van der Waals surface area contributed by atoms with Gasteiger partial charge in [-0.05, 0) is 43.3 Å². The van der Waals surface area contributed by atoms with Crippen LogP contribution in [0, 0.1) is 6.92 Å². The third-order valence-corrected chi connectivity index (χ3v) is 4.45. The zero-order valence-corrected chi connectivity index (χ0v) is 14.8. The van der Waals surface area contributed by atoms with E-state index in [1.807, 2.05) is 0 Å². The maximum absolute atomic E-state index is 13.3. The lowest BCUT2D eigenvalue weighted by atomic mass is 9.95. The van der Waals surface area contributed by atoms with Gasteiger partial charge in [0.25, 0.3) is 11.7 Å². The first-order chi connectivity index (χ1) is 12.5. The Hall–Kier alpha value is -2.07. The van der Waals surface area contributed by atoms with Gasteiger partial charge < -0.3 is 14.8 Å². The van der Waals surface area contributed by atoms with E-state index in [4.69, 9.17) is 4.42 Å². The van der Waals surface area contributed by atoms with Crippen LogP contribution in [0.3, 0.4) is 0 Å². The molecular formula is C17H16F5NO3S. The molecule has 0 fully saturated rings. The number of thioether (sulfide) groups is 1. The van der Waals surface area contributed by atoms with Gasteiger partial charge >= 0.3 is 6.18 Å². The lowest BCUT2D eigenvalue weighted by molar-refractivity contribution is -0.274. The molecule has 0 saturated carbocycles. The molecule has 10 heteroatoms. The molecule has 0 radical (unpaired) electrons. The summed E-state index contributed by atoms with van der Waals surface area (Å²) in [6.45, 7) is 0.959. The molecule has 148 valence electrons. The van der Waals surface area contributed by atoms with E-state index in [0.717, 1.165) is 6.07 Å². The highest BCUT2D eigenvalue weighted by Gasteiger charge is 2.56. The van der Waals surface area contributed by atoms with Gasteiger partial charge in [-0.3, -0.25) is 4.79 Å². The number of hydrogen-bond acceptors (Lipinski definition) is 4. The molecule has 0 aliphatic heterocycles. The molecule has 0 bridgehead atoms. The molecule has 1 atom stereocenters. The molecule has 1 amide bonds. The van der Waals surface area contributed by atoms with E-state index in [0.29, 0.717) is 11.8 Å². The molecule has 1 heterocycles. The minimum atomic E-state index is -5.00. The van der Waals surface area contributed by atoms with Gasteiger partial charge in [0.2, 0.25) is 5.60 Å². The van der Waals surface area contributed by atoms with Crippen molar-refractivity contribution in [2.75, 3.05) is 6.54 Å². The summed E-state index contributed by atoms with van der Waals surface area (Å²) in [7, 11) is 0. The number of aryl methyl sites for hydroxylation is 1. The smallest absolute Gasteiger partial charge is 0.424 e. The number of hydrogen-bond donors (Lipinski definition) is 2. The molecule has 0 aliphatic rings. The Balaban J connectivity index is 2.01. The number of benzene rings is 1. The molecule has 0 aliphatic carbocycles. The number of carbonyl (C=O) groups excluding carboxylic acids is 1. The normalized spacial score (nSPS) is 14.2. The van der Waals surface area contributed by atoms with E-state index in [1.165, 1.54) is 37.3 Å². The Labute approximate surface area is 155 Å². The second-order valence-electron chi connectivity index (χ2n) is 5.68. The van der Waals surface area contributed by atoms with Crippen molar-refractivity contribution in [1.82, 2.24) is 5.32 Å². The lowest BCUT2D eigenvalue weighted by Gasteiger charge is -2.28. The van der Waals surface area contributed by atoms with Crippen LogP contribution in [0.1, 0.15) is 28.3 Å². The average Bonchev–Trinajstić information content (AvgIpc) is 3.00. The molecule has 2 aromatic rings. The molecule has 2 N–H and O–H groups in total. The second kappa shape index (κ2) is 8.30. The van der Waals surface area contributed by atoms with Crippen molar-refractivity contribution in [3.05, 3.63) is 53.5 Å². The molecule has 4 nitrogen and oxygen atoms in total. The number of carbonyl (C=O) groups is 1. The molecule has 1 aromatic heterocycles. The molecular weight excluding hydrogens is 393 g/mol. The van der Waals surface area contributed by atoms with Crippen molar-refractivity contribution in [2.45, 2.75) is 35.8 Å². The molecule has 0 saturated heterocycles. The zero-order chi connectivity index (χ0) is 20.2. The van der Waals surface area contributed by atoms with Crippen molar-refractivity contribution in [3.63, 3.8) is 0 Å². The lowest BCUT2D eigenvalue weighted by Crippen LogP contribution is -2.44. The summed E-state index contributed by atoms with van der Waals surface area (Å²) in [4.78, 5) is 12.3.